The molecular formula is C26H22F7N3O2S. The van der Waals surface area contributed by atoms with Gasteiger partial charge in [-0.25, -0.2) is 9.18 Å². The molecule has 1 N–H and O–H groups in total. The van der Waals surface area contributed by atoms with E-state index in [0.29, 0.717) is 30.5 Å². The van der Waals surface area contributed by atoms with Crippen LogP contribution in [0.15, 0.2) is 60.0 Å². The minimum Gasteiger partial charge on any atom is -0.332 e. The molecule has 1 aliphatic rings. The van der Waals surface area contributed by atoms with Gasteiger partial charge in [-0.2, -0.15) is 26.3 Å². The van der Waals surface area contributed by atoms with Crippen LogP contribution in [-0.2, 0) is 30.2 Å². The molecule has 208 valence electrons. The van der Waals surface area contributed by atoms with Gasteiger partial charge in [-0.3, -0.25) is 4.79 Å². The van der Waals surface area contributed by atoms with Crippen LogP contribution < -0.4 is 5.32 Å². The molecule has 0 atom stereocenters. The smallest absolute Gasteiger partial charge is 0.332 e. The average Bonchev–Trinajstić information content (AvgIpc) is 3.57. The lowest BCUT2D eigenvalue weighted by molar-refractivity contribution is -0.143. The van der Waals surface area contributed by atoms with Crippen molar-refractivity contribution in [1.82, 2.24) is 9.80 Å². The molecule has 1 saturated carbocycles. The largest absolute Gasteiger partial charge is 0.416 e. The predicted molar refractivity (Wildman–Crippen MR) is 130 cm³/mol. The van der Waals surface area contributed by atoms with Crippen LogP contribution in [-0.4, -0.2) is 34.3 Å². The molecular weight excluding hydrogens is 551 g/mol. The van der Waals surface area contributed by atoms with E-state index >= 15 is 0 Å². The van der Waals surface area contributed by atoms with Gasteiger partial charge in [0.25, 0.3) is 0 Å². The maximum absolute atomic E-state index is 13.3. The quantitative estimate of drug-likeness (QED) is 0.291. The second-order valence-electron chi connectivity index (χ2n) is 9.04. The number of carbonyl (C=O) groups is 2. The number of rotatable bonds is 8. The van der Waals surface area contributed by atoms with E-state index in [9.17, 15) is 40.3 Å². The highest BCUT2D eigenvalue weighted by Gasteiger charge is 2.38. The fraction of sp³-hybridized carbons (Fsp3) is 0.308. The summed E-state index contributed by atoms with van der Waals surface area (Å²) in [6, 6.07) is 8.55. The van der Waals surface area contributed by atoms with Gasteiger partial charge in [-0.15, -0.1) is 11.3 Å². The van der Waals surface area contributed by atoms with Crippen molar-refractivity contribution in [3.8, 4) is 0 Å². The summed E-state index contributed by atoms with van der Waals surface area (Å²) in [4.78, 5) is 29.8. The molecule has 3 aromatic rings. The Bertz CT molecular complexity index is 1270. The highest BCUT2D eigenvalue weighted by Crippen LogP contribution is 2.38. The average molecular weight is 574 g/mol. The molecule has 0 aliphatic heterocycles. The molecule has 1 aromatic heterocycles. The van der Waals surface area contributed by atoms with Gasteiger partial charge in [0.2, 0.25) is 5.91 Å². The predicted octanol–water partition coefficient (Wildman–Crippen LogP) is 7.15. The first-order valence-corrected chi connectivity index (χ1v) is 12.6. The molecule has 2 aromatic carbocycles. The van der Waals surface area contributed by atoms with Crippen LogP contribution in [0.1, 0.15) is 34.4 Å². The van der Waals surface area contributed by atoms with Gasteiger partial charge in [0.15, 0.2) is 0 Å². The summed E-state index contributed by atoms with van der Waals surface area (Å²) in [6.45, 7) is -0.162. The van der Waals surface area contributed by atoms with Gasteiger partial charge in [0, 0.05) is 23.2 Å². The maximum Gasteiger partial charge on any atom is 0.416 e. The van der Waals surface area contributed by atoms with Crippen LogP contribution in [0.5, 0.6) is 0 Å². The van der Waals surface area contributed by atoms with E-state index in [1.54, 1.807) is 6.07 Å². The number of halogens is 7. The van der Waals surface area contributed by atoms with Gasteiger partial charge >= 0.3 is 18.4 Å². The highest BCUT2D eigenvalue weighted by molar-refractivity contribution is 7.09. The zero-order valence-electron chi connectivity index (χ0n) is 20.2. The number of thiophene rings is 1. The fourth-order valence-corrected chi connectivity index (χ4v) is 4.57. The molecule has 0 radical (unpaired) electrons. The summed E-state index contributed by atoms with van der Waals surface area (Å²) in [5.41, 5.74) is -3.19. The summed E-state index contributed by atoms with van der Waals surface area (Å²) < 4.78 is 92.7. The molecule has 4 rings (SSSR count). The number of anilines is 1. The van der Waals surface area contributed by atoms with Crippen molar-refractivity contribution in [3.63, 3.8) is 0 Å². The van der Waals surface area contributed by atoms with Crippen molar-refractivity contribution in [2.24, 2.45) is 0 Å². The van der Waals surface area contributed by atoms with Crippen LogP contribution >= 0.6 is 11.3 Å². The number of urea groups is 1. The molecule has 0 unspecified atom stereocenters. The van der Waals surface area contributed by atoms with Gasteiger partial charge < -0.3 is 15.1 Å². The number of nitrogens with zero attached hydrogens (tertiary/aromatic N) is 2. The lowest BCUT2D eigenvalue weighted by Crippen LogP contribution is -2.45. The number of amides is 3. The van der Waals surface area contributed by atoms with E-state index in [1.807, 2.05) is 11.4 Å². The summed E-state index contributed by atoms with van der Waals surface area (Å²) in [5, 5.41) is 3.93. The summed E-state index contributed by atoms with van der Waals surface area (Å²) in [6.07, 6.45) is -9.09. The number of hydrogen-bond donors (Lipinski definition) is 1. The minimum absolute atomic E-state index is 0.0320. The SMILES string of the molecule is O=C(CN(C(=O)Nc1cc(C(F)(F)F)cc(C(F)(F)F)c1)C1CC1)N(Cc1ccc(F)cc1)Cc1cccs1. The molecule has 5 nitrogen and oxygen atoms in total. The summed E-state index contributed by atoms with van der Waals surface area (Å²) in [7, 11) is 0. The zero-order chi connectivity index (χ0) is 28.4. The van der Waals surface area contributed by atoms with Crippen LogP contribution in [0, 0.1) is 5.82 Å². The van der Waals surface area contributed by atoms with Crippen molar-refractivity contribution < 1.29 is 40.3 Å². The molecule has 3 amide bonds. The number of nitrogens with one attached hydrogen (secondary N) is 1. The van der Waals surface area contributed by atoms with Crippen LogP contribution in [0.2, 0.25) is 0 Å². The Morgan fingerprint density at radius 1 is 0.897 bits per heavy atom. The Labute approximate surface area is 222 Å². The Morgan fingerprint density at radius 3 is 2.03 bits per heavy atom. The third kappa shape index (κ3) is 7.71. The molecule has 39 heavy (non-hydrogen) atoms. The Morgan fingerprint density at radius 2 is 1.51 bits per heavy atom. The standard InChI is InChI=1S/C26H22F7N3O2S/c27-19-5-3-16(4-6-19)13-35(14-22-2-1-9-39-22)23(37)15-36(21-7-8-21)24(38)34-20-11-17(25(28,29)30)10-18(12-20)26(31,32)33/h1-6,9-12,21H,7-8,13-15H2,(H,34,38). The number of hydrogen-bond acceptors (Lipinski definition) is 3. The molecule has 1 aliphatic carbocycles. The Hall–Kier alpha value is -3.61. The second-order valence-corrected chi connectivity index (χ2v) is 10.1. The van der Waals surface area contributed by atoms with Gasteiger partial charge in [0.1, 0.15) is 12.4 Å². The topological polar surface area (TPSA) is 52.7 Å². The third-order valence-electron chi connectivity index (χ3n) is 5.96. The summed E-state index contributed by atoms with van der Waals surface area (Å²) >= 11 is 1.40. The van der Waals surface area contributed by atoms with E-state index in [2.05, 4.69) is 5.32 Å². The molecule has 0 spiro atoms. The first-order chi connectivity index (χ1) is 18.3. The van der Waals surface area contributed by atoms with E-state index in [1.165, 1.54) is 40.5 Å². The first-order valence-electron chi connectivity index (χ1n) is 11.7. The minimum atomic E-state index is -5.07. The normalized spacial score (nSPS) is 13.7. The molecule has 1 fully saturated rings. The third-order valence-corrected chi connectivity index (χ3v) is 6.82. The Kier molecular flexibility index (Phi) is 8.19. The van der Waals surface area contributed by atoms with E-state index in [4.69, 9.17) is 0 Å². The first kappa shape index (κ1) is 28.4. The van der Waals surface area contributed by atoms with Crippen molar-refractivity contribution >= 4 is 29.0 Å². The molecule has 1 heterocycles. The van der Waals surface area contributed by atoms with Crippen LogP contribution in [0.4, 0.5) is 41.2 Å². The van der Waals surface area contributed by atoms with Gasteiger partial charge in [0.05, 0.1) is 17.7 Å². The van der Waals surface area contributed by atoms with Crippen molar-refractivity contribution in [3.05, 3.63) is 87.4 Å². The molecule has 0 saturated heterocycles. The second kappa shape index (κ2) is 11.2. The number of benzene rings is 2. The highest BCUT2D eigenvalue weighted by atomic mass is 32.1. The maximum atomic E-state index is 13.3. The lowest BCUT2D eigenvalue weighted by Gasteiger charge is -2.28. The van der Waals surface area contributed by atoms with Crippen molar-refractivity contribution in [2.75, 3.05) is 11.9 Å². The van der Waals surface area contributed by atoms with E-state index < -0.39 is 59.5 Å². The van der Waals surface area contributed by atoms with Crippen molar-refractivity contribution in [2.45, 2.75) is 44.3 Å². The zero-order valence-corrected chi connectivity index (χ0v) is 21.0. The fourth-order valence-electron chi connectivity index (χ4n) is 3.85. The summed E-state index contributed by atoms with van der Waals surface area (Å²) in [5.74, 6) is -0.940. The lowest BCUT2D eigenvalue weighted by atomic mass is 10.1. The molecule has 13 heteroatoms. The van der Waals surface area contributed by atoms with Gasteiger partial charge in [-0.05, 0) is 60.2 Å². The number of alkyl halides is 6. The number of carbonyl (C=O) groups excluding carboxylic acids is 2. The monoisotopic (exact) mass is 573 g/mol. The van der Waals surface area contributed by atoms with E-state index in [-0.39, 0.29) is 19.2 Å². The Balaban J connectivity index is 1.54. The van der Waals surface area contributed by atoms with Crippen LogP contribution in [0.3, 0.4) is 0 Å². The van der Waals surface area contributed by atoms with Crippen molar-refractivity contribution in [1.29, 1.82) is 0 Å². The molecule has 0 bridgehead atoms. The van der Waals surface area contributed by atoms with E-state index in [0.717, 1.165) is 9.78 Å². The van der Waals surface area contributed by atoms with Gasteiger partial charge in [-0.1, -0.05) is 18.2 Å². The van der Waals surface area contributed by atoms with Crippen LogP contribution in [0.25, 0.3) is 0 Å².